The summed E-state index contributed by atoms with van der Waals surface area (Å²) in [5.74, 6) is -1.85. The molecule has 162 valence electrons. The van der Waals surface area contributed by atoms with Gasteiger partial charge < -0.3 is 11.5 Å². The summed E-state index contributed by atoms with van der Waals surface area (Å²) in [4.78, 5) is 40.6. The number of barbiturate groups is 1. The van der Waals surface area contributed by atoms with Gasteiger partial charge in [0.1, 0.15) is 11.4 Å². The van der Waals surface area contributed by atoms with Crippen molar-refractivity contribution >= 4 is 27.9 Å². The number of nitrogens with two attached hydrogens (primary N) is 2. The standard InChI is InChI=1S/C18H29N5O5S/c1-3-4-9-22-15(24)13(14(19)20)16(25)23(17(22)26)12-5-7-18(8-6-12)10-21(11-18)29(2,27)28/h12H,3-11,19-20H2,1-2H3. The quantitative estimate of drug-likeness (QED) is 0.460. The van der Waals surface area contributed by atoms with E-state index < -0.39 is 27.9 Å². The minimum absolute atomic E-state index is 0.0925. The van der Waals surface area contributed by atoms with E-state index in [1.54, 1.807) is 0 Å². The lowest BCUT2D eigenvalue weighted by molar-refractivity contribution is -0.138. The maximum Gasteiger partial charge on any atom is 0.334 e. The second-order valence-electron chi connectivity index (χ2n) is 8.36. The Balaban J connectivity index is 1.76. The molecule has 1 spiro atoms. The molecule has 11 heteroatoms. The minimum Gasteiger partial charge on any atom is -0.385 e. The molecule has 2 heterocycles. The first kappa shape index (κ1) is 21.6. The predicted octanol–water partition coefficient (Wildman–Crippen LogP) is -0.0895. The number of hydrogen-bond donors (Lipinski definition) is 2. The second-order valence-corrected chi connectivity index (χ2v) is 10.3. The third kappa shape index (κ3) is 3.85. The third-order valence-corrected chi connectivity index (χ3v) is 7.42. The van der Waals surface area contributed by atoms with Crippen molar-refractivity contribution in [2.45, 2.75) is 51.5 Å². The van der Waals surface area contributed by atoms with Gasteiger partial charge >= 0.3 is 6.03 Å². The fraction of sp³-hybridized carbons (Fsp3) is 0.722. The molecule has 2 saturated heterocycles. The van der Waals surface area contributed by atoms with Gasteiger partial charge in [-0.05, 0) is 37.5 Å². The molecule has 1 saturated carbocycles. The highest BCUT2D eigenvalue weighted by molar-refractivity contribution is 7.88. The number of amides is 4. The lowest BCUT2D eigenvalue weighted by Gasteiger charge is -2.53. The molecule has 0 unspecified atom stereocenters. The minimum atomic E-state index is -3.20. The van der Waals surface area contributed by atoms with Crippen molar-refractivity contribution in [2.24, 2.45) is 16.9 Å². The van der Waals surface area contributed by atoms with E-state index in [4.69, 9.17) is 11.5 Å². The highest BCUT2D eigenvalue weighted by atomic mass is 32.2. The number of hydrogen-bond acceptors (Lipinski definition) is 7. The topological polar surface area (TPSA) is 147 Å². The SMILES string of the molecule is CCCCN1C(=O)C(=C(N)N)C(=O)N(C2CCC3(CC2)CN(S(C)(=O)=O)C3)C1=O. The van der Waals surface area contributed by atoms with E-state index in [0.29, 0.717) is 45.2 Å². The molecule has 4 amide bonds. The number of nitrogens with zero attached hydrogens (tertiary/aromatic N) is 3. The van der Waals surface area contributed by atoms with Gasteiger partial charge in [0.25, 0.3) is 11.8 Å². The van der Waals surface area contributed by atoms with Gasteiger partial charge in [0.05, 0.1) is 6.26 Å². The zero-order valence-corrected chi connectivity index (χ0v) is 17.7. The number of imide groups is 2. The van der Waals surface area contributed by atoms with Crippen LogP contribution >= 0.6 is 0 Å². The maximum absolute atomic E-state index is 13.0. The molecule has 0 aromatic heterocycles. The smallest absolute Gasteiger partial charge is 0.334 e. The second kappa shape index (κ2) is 7.60. The van der Waals surface area contributed by atoms with Crippen LogP contribution in [-0.4, -0.2) is 72.3 Å². The first-order chi connectivity index (χ1) is 13.5. The maximum atomic E-state index is 13.0. The molecule has 3 aliphatic rings. The lowest BCUT2D eigenvalue weighted by Crippen LogP contribution is -2.63. The molecule has 1 aliphatic carbocycles. The number of carbonyl (C=O) groups is 3. The Bertz CT molecular complexity index is 848. The van der Waals surface area contributed by atoms with E-state index >= 15 is 0 Å². The lowest BCUT2D eigenvalue weighted by atomic mass is 9.68. The molecular formula is C18H29N5O5S. The Kier molecular flexibility index (Phi) is 5.65. The summed E-state index contributed by atoms with van der Waals surface area (Å²) < 4.78 is 24.8. The summed E-state index contributed by atoms with van der Waals surface area (Å²) in [6, 6.07) is -0.981. The van der Waals surface area contributed by atoms with Gasteiger partial charge in [-0.3, -0.25) is 19.4 Å². The van der Waals surface area contributed by atoms with Crippen LogP contribution in [0.25, 0.3) is 0 Å². The largest absolute Gasteiger partial charge is 0.385 e. The van der Waals surface area contributed by atoms with E-state index in [0.717, 1.165) is 16.2 Å². The van der Waals surface area contributed by atoms with Crippen LogP contribution in [0.3, 0.4) is 0 Å². The van der Waals surface area contributed by atoms with Crippen LogP contribution in [0.15, 0.2) is 11.4 Å². The van der Waals surface area contributed by atoms with E-state index in [-0.39, 0.29) is 29.4 Å². The molecule has 0 atom stereocenters. The van der Waals surface area contributed by atoms with Crippen LogP contribution in [0, 0.1) is 5.41 Å². The molecule has 0 aromatic rings. The van der Waals surface area contributed by atoms with Gasteiger partial charge in [0, 0.05) is 25.7 Å². The highest BCUT2D eigenvalue weighted by Gasteiger charge is 2.52. The van der Waals surface area contributed by atoms with Gasteiger partial charge in [-0.25, -0.2) is 17.5 Å². The highest BCUT2D eigenvalue weighted by Crippen LogP contribution is 2.46. The first-order valence-electron chi connectivity index (χ1n) is 9.90. The Hall–Kier alpha value is -2.14. The summed E-state index contributed by atoms with van der Waals surface area (Å²) in [7, 11) is -3.20. The molecule has 10 nitrogen and oxygen atoms in total. The van der Waals surface area contributed by atoms with Crippen molar-refractivity contribution in [3.63, 3.8) is 0 Å². The summed E-state index contributed by atoms with van der Waals surface area (Å²) in [5.41, 5.74) is 10.8. The van der Waals surface area contributed by atoms with Crippen molar-refractivity contribution in [3.8, 4) is 0 Å². The van der Waals surface area contributed by atoms with Crippen molar-refractivity contribution in [3.05, 3.63) is 11.4 Å². The van der Waals surface area contributed by atoms with Crippen LogP contribution in [0.1, 0.15) is 45.4 Å². The first-order valence-corrected chi connectivity index (χ1v) is 11.8. The van der Waals surface area contributed by atoms with Crippen LogP contribution in [0.2, 0.25) is 0 Å². The molecule has 3 fully saturated rings. The summed E-state index contributed by atoms with van der Waals surface area (Å²) in [5, 5.41) is 0. The number of urea groups is 1. The van der Waals surface area contributed by atoms with Crippen LogP contribution in [-0.2, 0) is 19.6 Å². The average molecular weight is 428 g/mol. The molecule has 4 N–H and O–H groups in total. The third-order valence-electron chi connectivity index (χ3n) is 6.23. The van der Waals surface area contributed by atoms with E-state index in [1.807, 2.05) is 6.92 Å². The van der Waals surface area contributed by atoms with Crippen molar-refractivity contribution in [1.29, 1.82) is 0 Å². The molecule has 0 bridgehead atoms. The zero-order chi connectivity index (χ0) is 21.6. The van der Waals surface area contributed by atoms with E-state index in [9.17, 15) is 22.8 Å². The predicted molar refractivity (Wildman–Crippen MR) is 105 cm³/mol. The summed E-state index contributed by atoms with van der Waals surface area (Å²) >= 11 is 0. The monoisotopic (exact) mass is 427 g/mol. The number of rotatable bonds is 5. The van der Waals surface area contributed by atoms with Crippen molar-refractivity contribution in [2.75, 3.05) is 25.9 Å². The summed E-state index contributed by atoms with van der Waals surface area (Å²) in [6.07, 6.45) is 5.13. The number of carbonyl (C=O) groups excluding carboxylic acids is 3. The fourth-order valence-electron chi connectivity index (χ4n) is 4.46. The van der Waals surface area contributed by atoms with Gasteiger partial charge in [0.2, 0.25) is 10.0 Å². The number of unbranched alkanes of at least 4 members (excludes halogenated alkanes) is 1. The molecule has 0 radical (unpaired) electrons. The fourth-order valence-corrected chi connectivity index (χ4v) is 5.48. The van der Waals surface area contributed by atoms with Crippen molar-refractivity contribution < 1.29 is 22.8 Å². The van der Waals surface area contributed by atoms with E-state index in [2.05, 4.69) is 0 Å². The van der Waals surface area contributed by atoms with Crippen LogP contribution in [0.5, 0.6) is 0 Å². The molecule has 3 rings (SSSR count). The van der Waals surface area contributed by atoms with Gasteiger partial charge in [0.15, 0.2) is 0 Å². The Morgan fingerprint density at radius 2 is 1.69 bits per heavy atom. The van der Waals surface area contributed by atoms with Gasteiger partial charge in [-0.1, -0.05) is 13.3 Å². The molecule has 0 aromatic carbocycles. The zero-order valence-electron chi connectivity index (χ0n) is 16.9. The number of sulfonamides is 1. The van der Waals surface area contributed by atoms with Gasteiger partial charge in [-0.2, -0.15) is 0 Å². The van der Waals surface area contributed by atoms with E-state index in [1.165, 1.54) is 10.6 Å². The Morgan fingerprint density at radius 1 is 1.10 bits per heavy atom. The molecular weight excluding hydrogens is 398 g/mol. The Labute approximate surface area is 170 Å². The van der Waals surface area contributed by atoms with Gasteiger partial charge in [-0.15, -0.1) is 0 Å². The average Bonchev–Trinajstić information content (AvgIpc) is 2.59. The summed E-state index contributed by atoms with van der Waals surface area (Å²) in [6.45, 7) is 3.09. The molecule has 2 aliphatic heterocycles. The van der Waals surface area contributed by atoms with Crippen LogP contribution in [0.4, 0.5) is 4.79 Å². The normalized spacial score (nSPS) is 23.7. The Morgan fingerprint density at radius 3 is 2.17 bits per heavy atom. The van der Waals surface area contributed by atoms with Crippen molar-refractivity contribution in [1.82, 2.24) is 14.1 Å². The van der Waals surface area contributed by atoms with Crippen LogP contribution < -0.4 is 11.5 Å². The molecule has 29 heavy (non-hydrogen) atoms.